The predicted molar refractivity (Wildman–Crippen MR) is 46.0 cm³/mol. The summed E-state index contributed by atoms with van der Waals surface area (Å²) in [6.45, 7) is 4.45. The number of esters is 1. The van der Waals surface area contributed by atoms with Crippen molar-refractivity contribution in [3.05, 3.63) is 0 Å². The van der Waals surface area contributed by atoms with E-state index in [1.54, 1.807) is 0 Å². The Morgan fingerprint density at radius 1 is 1.69 bits per heavy atom. The van der Waals surface area contributed by atoms with Crippen molar-refractivity contribution >= 4 is 11.8 Å². The van der Waals surface area contributed by atoms with Crippen LogP contribution in [0.15, 0.2) is 0 Å². The lowest BCUT2D eigenvalue weighted by molar-refractivity contribution is -0.148. The van der Waals surface area contributed by atoms with E-state index in [1.807, 2.05) is 13.8 Å². The molecule has 1 aliphatic heterocycles. The average Bonchev–Trinajstić information content (AvgIpc) is 2.67. The number of hydrogen-bond donors (Lipinski definition) is 0. The molecule has 0 aromatic carbocycles. The number of Topliss-reactive ketones (excluding diaryl/α,β-unsaturated/α-hetero) is 1. The Morgan fingerprint density at radius 2 is 2.38 bits per heavy atom. The molecule has 0 amide bonds. The molecule has 0 N–H and O–H groups in total. The van der Waals surface area contributed by atoms with Crippen molar-refractivity contribution in [2.24, 2.45) is 17.3 Å². The molecule has 2 atom stereocenters. The highest BCUT2D eigenvalue weighted by Gasteiger charge is 2.70. The molecule has 0 aromatic rings. The van der Waals surface area contributed by atoms with E-state index in [0.29, 0.717) is 18.9 Å². The quantitative estimate of drug-likeness (QED) is 0.486. The Labute approximate surface area is 77.4 Å². The fourth-order valence-electron chi connectivity index (χ4n) is 2.09. The molecule has 1 heterocycles. The molecule has 2 fully saturated rings. The van der Waals surface area contributed by atoms with Crippen molar-refractivity contribution in [2.75, 3.05) is 6.61 Å². The normalized spacial score (nSPS) is 35.9. The van der Waals surface area contributed by atoms with Gasteiger partial charge in [0.25, 0.3) is 0 Å². The summed E-state index contributed by atoms with van der Waals surface area (Å²) in [6.07, 6.45) is 1.24. The van der Waals surface area contributed by atoms with Crippen LogP contribution in [-0.2, 0) is 14.3 Å². The fourth-order valence-corrected chi connectivity index (χ4v) is 2.09. The molecule has 3 nitrogen and oxygen atoms in total. The molecule has 0 unspecified atom stereocenters. The van der Waals surface area contributed by atoms with Crippen LogP contribution in [0.3, 0.4) is 0 Å². The third-order valence-corrected chi connectivity index (χ3v) is 2.98. The van der Waals surface area contributed by atoms with Gasteiger partial charge in [-0.15, -0.1) is 0 Å². The molecule has 2 aliphatic rings. The van der Waals surface area contributed by atoms with Crippen LogP contribution in [0.25, 0.3) is 0 Å². The molecule has 1 aliphatic carbocycles. The number of fused-ring (bicyclic) bond motifs is 1. The van der Waals surface area contributed by atoms with E-state index in [2.05, 4.69) is 0 Å². The maximum absolute atomic E-state index is 11.7. The molecule has 3 heteroatoms. The van der Waals surface area contributed by atoms with Crippen molar-refractivity contribution in [3.8, 4) is 0 Å². The molecule has 0 radical (unpaired) electrons. The number of ketones is 1. The Bertz CT molecular complexity index is 269. The van der Waals surface area contributed by atoms with Crippen molar-refractivity contribution in [2.45, 2.75) is 26.7 Å². The summed E-state index contributed by atoms with van der Waals surface area (Å²) >= 11 is 0. The molecular formula is C10H14O3. The standard InChI is InChI=1S/C10H14O3/c1-6(2)3-8(11)10-4-7(10)5-13-9(10)12/h6-7H,3-5H2,1-2H3/t7-,10-/m1/s1. The fraction of sp³-hybridized carbons (Fsp3) is 0.800. The van der Waals surface area contributed by atoms with Crippen molar-refractivity contribution in [1.82, 2.24) is 0 Å². The number of cyclic esters (lactones) is 1. The third-order valence-electron chi connectivity index (χ3n) is 2.98. The maximum Gasteiger partial charge on any atom is 0.320 e. The van der Waals surface area contributed by atoms with Gasteiger partial charge >= 0.3 is 5.97 Å². The van der Waals surface area contributed by atoms with Crippen LogP contribution in [-0.4, -0.2) is 18.4 Å². The van der Waals surface area contributed by atoms with Gasteiger partial charge in [0.1, 0.15) is 5.41 Å². The number of carbonyl (C=O) groups excluding carboxylic acids is 2. The van der Waals surface area contributed by atoms with Crippen LogP contribution in [0.2, 0.25) is 0 Å². The lowest BCUT2D eigenvalue weighted by Gasteiger charge is -2.09. The summed E-state index contributed by atoms with van der Waals surface area (Å²) < 4.78 is 4.86. The minimum absolute atomic E-state index is 0.0926. The number of carbonyl (C=O) groups is 2. The van der Waals surface area contributed by atoms with Gasteiger partial charge in [-0.3, -0.25) is 9.59 Å². The Balaban J connectivity index is 2.09. The highest BCUT2D eigenvalue weighted by atomic mass is 16.5. The SMILES string of the molecule is CC(C)CC(=O)[C@@]12C[C@@H]1COC2=O. The zero-order valence-corrected chi connectivity index (χ0v) is 8.00. The second-order valence-electron chi connectivity index (χ2n) is 4.49. The molecule has 13 heavy (non-hydrogen) atoms. The predicted octanol–water partition coefficient (Wildman–Crippen LogP) is 1.16. The van der Waals surface area contributed by atoms with Gasteiger partial charge in [0.2, 0.25) is 0 Å². The van der Waals surface area contributed by atoms with Crippen LogP contribution in [0.1, 0.15) is 26.7 Å². The molecule has 2 rings (SSSR count). The third kappa shape index (κ3) is 1.10. The summed E-state index contributed by atoms with van der Waals surface area (Å²) in [5.74, 6) is 0.348. The summed E-state index contributed by atoms with van der Waals surface area (Å²) in [4.78, 5) is 23.0. The van der Waals surface area contributed by atoms with Gasteiger partial charge in [-0.1, -0.05) is 13.8 Å². The van der Waals surface area contributed by atoms with Gasteiger partial charge in [0.15, 0.2) is 5.78 Å². The molecule has 0 bridgehead atoms. The van der Waals surface area contributed by atoms with Gasteiger partial charge < -0.3 is 4.74 Å². The van der Waals surface area contributed by atoms with Crippen LogP contribution >= 0.6 is 0 Å². The van der Waals surface area contributed by atoms with E-state index in [4.69, 9.17) is 4.74 Å². The highest BCUT2D eigenvalue weighted by molar-refractivity contribution is 6.08. The molecule has 0 aromatic heterocycles. The first-order chi connectivity index (χ1) is 6.07. The first-order valence-electron chi connectivity index (χ1n) is 4.78. The van der Waals surface area contributed by atoms with E-state index < -0.39 is 5.41 Å². The van der Waals surface area contributed by atoms with E-state index >= 15 is 0 Å². The van der Waals surface area contributed by atoms with Gasteiger partial charge in [-0.05, 0) is 12.3 Å². The van der Waals surface area contributed by atoms with Gasteiger partial charge in [0.05, 0.1) is 6.61 Å². The molecule has 0 spiro atoms. The second-order valence-corrected chi connectivity index (χ2v) is 4.49. The monoisotopic (exact) mass is 182 g/mol. The van der Waals surface area contributed by atoms with Crippen LogP contribution in [0.5, 0.6) is 0 Å². The first-order valence-corrected chi connectivity index (χ1v) is 4.78. The van der Waals surface area contributed by atoms with Gasteiger partial charge in [0, 0.05) is 12.3 Å². The van der Waals surface area contributed by atoms with Crippen molar-refractivity contribution in [3.63, 3.8) is 0 Å². The van der Waals surface area contributed by atoms with Crippen LogP contribution in [0, 0.1) is 17.3 Å². The Kier molecular flexibility index (Phi) is 1.72. The van der Waals surface area contributed by atoms with E-state index in [0.717, 1.165) is 6.42 Å². The van der Waals surface area contributed by atoms with Gasteiger partial charge in [-0.2, -0.15) is 0 Å². The van der Waals surface area contributed by atoms with Crippen LogP contribution < -0.4 is 0 Å². The van der Waals surface area contributed by atoms with Crippen LogP contribution in [0.4, 0.5) is 0 Å². The van der Waals surface area contributed by atoms with Crippen molar-refractivity contribution < 1.29 is 14.3 Å². The molecule has 1 saturated heterocycles. The number of rotatable bonds is 3. The summed E-state index contributed by atoms with van der Waals surface area (Å²) in [5.41, 5.74) is -0.690. The first kappa shape index (κ1) is 8.73. The zero-order valence-electron chi connectivity index (χ0n) is 8.00. The number of hydrogen-bond acceptors (Lipinski definition) is 3. The molecule has 1 saturated carbocycles. The zero-order chi connectivity index (χ0) is 9.64. The summed E-state index contributed by atoms with van der Waals surface area (Å²) in [6, 6.07) is 0. The number of ether oxygens (including phenoxy) is 1. The minimum atomic E-state index is -0.690. The van der Waals surface area contributed by atoms with Crippen molar-refractivity contribution in [1.29, 1.82) is 0 Å². The topological polar surface area (TPSA) is 43.4 Å². The largest absolute Gasteiger partial charge is 0.465 e. The second kappa shape index (κ2) is 2.56. The molecular weight excluding hydrogens is 168 g/mol. The average molecular weight is 182 g/mol. The maximum atomic E-state index is 11.7. The lowest BCUT2D eigenvalue weighted by atomic mass is 9.93. The lowest BCUT2D eigenvalue weighted by Crippen LogP contribution is -2.25. The highest BCUT2D eigenvalue weighted by Crippen LogP contribution is 2.59. The molecule has 72 valence electrons. The Hall–Kier alpha value is -0.860. The summed E-state index contributed by atoms with van der Waals surface area (Å²) in [5, 5.41) is 0. The smallest absolute Gasteiger partial charge is 0.320 e. The van der Waals surface area contributed by atoms with E-state index in [1.165, 1.54) is 0 Å². The minimum Gasteiger partial charge on any atom is -0.465 e. The Morgan fingerprint density at radius 3 is 2.77 bits per heavy atom. The van der Waals surface area contributed by atoms with E-state index in [-0.39, 0.29) is 17.7 Å². The van der Waals surface area contributed by atoms with Gasteiger partial charge in [-0.25, -0.2) is 0 Å². The summed E-state index contributed by atoms with van der Waals surface area (Å²) in [7, 11) is 0. The van der Waals surface area contributed by atoms with E-state index in [9.17, 15) is 9.59 Å².